The molecule has 4 heteroatoms. The lowest BCUT2D eigenvalue weighted by atomic mass is 10.0. The van der Waals surface area contributed by atoms with Crippen LogP contribution in [-0.4, -0.2) is 13.0 Å². The molecule has 1 fully saturated rings. The van der Waals surface area contributed by atoms with Crippen LogP contribution in [0.5, 0.6) is 5.75 Å². The third-order valence-electron chi connectivity index (χ3n) is 3.81. The van der Waals surface area contributed by atoms with Gasteiger partial charge >= 0.3 is 0 Å². The molecular weight excluding hydrogens is 294 g/mol. The van der Waals surface area contributed by atoms with Gasteiger partial charge in [0.1, 0.15) is 5.75 Å². The van der Waals surface area contributed by atoms with E-state index in [1.54, 1.807) is 24.5 Å². The fourth-order valence-electron chi connectivity index (χ4n) is 2.46. The van der Waals surface area contributed by atoms with Crippen molar-refractivity contribution in [2.75, 3.05) is 7.11 Å². The van der Waals surface area contributed by atoms with Gasteiger partial charge in [0, 0.05) is 11.0 Å². The fraction of sp³-hybridized carbons (Fsp3) is 0.278. The molecule has 1 aromatic carbocycles. The Bertz CT molecular complexity index is 642. The predicted octanol–water partition coefficient (Wildman–Crippen LogP) is 4.04. The molecule has 0 bridgehead atoms. The molecule has 114 valence electrons. The van der Waals surface area contributed by atoms with Gasteiger partial charge in [0.25, 0.3) is 0 Å². The van der Waals surface area contributed by atoms with Crippen molar-refractivity contribution in [3.8, 4) is 5.75 Å². The standard InChI is InChI=1S/C18H19NO2S/c1-21-15-8-6-14(7-9-15)18(13-4-5-13)19-17(20)11-10-16-3-2-12-22-16/h2-3,6-13,18H,4-5H2,1H3,(H,19,20)/b11-10+. The summed E-state index contributed by atoms with van der Waals surface area (Å²) in [7, 11) is 1.66. The Morgan fingerprint density at radius 1 is 1.32 bits per heavy atom. The SMILES string of the molecule is COc1ccc(C(NC(=O)/C=C/c2cccs2)C2CC2)cc1. The number of hydrogen-bond acceptors (Lipinski definition) is 3. The zero-order valence-corrected chi connectivity index (χ0v) is 13.3. The minimum absolute atomic E-state index is 0.0406. The Labute approximate surface area is 134 Å². The molecule has 1 aliphatic carbocycles. The Balaban J connectivity index is 1.67. The summed E-state index contributed by atoms with van der Waals surface area (Å²) in [6.07, 6.45) is 5.82. The van der Waals surface area contributed by atoms with Crippen molar-refractivity contribution in [1.82, 2.24) is 5.32 Å². The number of methoxy groups -OCH3 is 1. The van der Waals surface area contributed by atoms with Crippen molar-refractivity contribution >= 4 is 23.3 Å². The summed E-state index contributed by atoms with van der Waals surface area (Å²) >= 11 is 1.62. The van der Waals surface area contributed by atoms with E-state index in [9.17, 15) is 4.79 Å². The van der Waals surface area contributed by atoms with Crippen molar-refractivity contribution in [3.63, 3.8) is 0 Å². The van der Waals surface area contributed by atoms with E-state index in [0.29, 0.717) is 5.92 Å². The largest absolute Gasteiger partial charge is 0.497 e. The lowest BCUT2D eigenvalue weighted by Gasteiger charge is -2.18. The van der Waals surface area contributed by atoms with Crippen molar-refractivity contribution in [3.05, 3.63) is 58.3 Å². The monoisotopic (exact) mass is 313 g/mol. The van der Waals surface area contributed by atoms with Crippen molar-refractivity contribution < 1.29 is 9.53 Å². The second-order valence-corrected chi connectivity index (χ2v) is 6.42. The van der Waals surface area contributed by atoms with E-state index in [1.165, 1.54) is 12.8 Å². The van der Waals surface area contributed by atoms with Gasteiger partial charge in [0.2, 0.25) is 5.91 Å². The first-order chi connectivity index (χ1) is 10.8. The van der Waals surface area contributed by atoms with Crippen LogP contribution in [0.2, 0.25) is 0 Å². The summed E-state index contributed by atoms with van der Waals surface area (Å²) in [5.41, 5.74) is 1.14. The maximum Gasteiger partial charge on any atom is 0.244 e. The molecule has 0 radical (unpaired) electrons. The summed E-state index contributed by atoms with van der Waals surface area (Å²) in [5.74, 6) is 1.34. The first-order valence-electron chi connectivity index (χ1n) is 7.42. The van der Waals surface area contributed by atoms with Gasteiger partial charge in [-0.05, 0) is 54.0 Å². The van der Waals surface area contributed by atoms with E-state index in [4.69, 9.17) is 4.74 Å². The molecule has 3 rings (SSSR count). The second-order valence-electron chi connectivity index (χ2n) is 5.45. The molecule has 0 aliphatic heterocycles. The molecule has 1 amide bonds. The number of benzene rings is 1. The maximum absolute atomic E-state index is 12.2. The van der Waals surface area contributed by atoms with Gasteiger partial charge in [0.05, 0.1) is 13.2 Å². The highest BCUT2D eigenvalue weighted by atomic mass is 32.1. The van der Waals surface area contributed by atoms with E-state index >= 15 is 0 Å². The quantitative estimate of drug-likeness (QED) is 0.818. The number of amides is 1. The molecule has 1 unspecified atom stereocenters. The minimum Gasteiger partial charge on any atom is -0.497 e. The van der Waals surface area contributed by atoms with Crippen LogP contribution in [0, 0.1) is 5.92 Å². The third kappa shape index (κ3) is 3.77. The highest BCUT2D eigenvalue weighted by molar-refractivity contribution is 7.10. The molecule has 1 atom stereocenters. The van der Waals surface area contributed by atoms with E-state index in [2.05, 4.69) is 5.32 Å². The van der Waals surface area contributed by atoms with Crippen LogP contribution in [0.4, 0.5) is 0 Å². The Kier molecular flexibility index (Phi) is 4.59. The summed E-state index contributed by atoms with van der Waals surface area (Å²) in [6.45, 7) is 0. The van der Waals surface area contributed by atoms with E-state index in [1.807, 2.05) is 47.9 Å². The molecule has 1 saturated carbocycles. The van der Waals surface area contributed by atoms with Crippen LogP contribution in [0.15, 0.2) is 47.9 Å². The Morgan fingerprint density at radius 2 is 2.09 bits per heavy atom. The third-order valence-corrected chi connectivity index (χ3v) is 4.65. The van der Waals surface area contributed by atoms with E-state index in [-0.39, 0.29) is 11.9 Å². The zero-order valence-electron chi connectivity index (χ0n) is 12.5. The van der Waals surface area contributed by atoms with Crippen molar-refractivity contribution in [2.24, 2.45) is 5.92 Å². The molecular formula is C18H19NO2S. The van der Waals surface area contributed by atoms with Crippen molar-refractivity contribution in [2.45, 2.75) is 18.9 Å². The Hall–Kier alpha value is -2.07. The number of carbonyl (C=O) groups excluding carboxylic acids is 1. The lowest BCUT2D eigenvalue weighted by molar-refractivity contribution is -0.117. The van der Waals surface area contributed by atoms with Gasteiger partial charge in [-0.25, -0.2) is 0 Å². The van der Waals surface area contributed by atoms with Crippen LogP contribution in [-0.2, 0) is 4.79 Å². The van der Waals surface area contributed by atoms with Gasteiger partial charge in [-0.15, -0.1) is 11.3 Å². The molecule has 1 aromatic heterocycles. The van der Waals surface area contributed by atoms with Gasteiger partial charge in [-0.2, -0.15) is 0 Å². The van der Waals surface area contributed by atoms with Crippen LogP contribution in [0.3, 0.4) is 0 Å². The second kappa shape index (κ2) is 6.79. The fourth-order valence-corrected chi connectivity index (χ4v) is 3.08. The zero-order chi connectivity index (χ0) is 15.4. The maximum atomic E-state index is 12.2. The number of hydrogen-bond donors (Lipinski definition) is 1. The molecule has 1 heterocycles. The van der Waals surface area contributed by atoms with Crippen molar-refractivity contribution in [1.29, 1.82) is 0 Å². The topological polar surface area (TPSA) is 38.3 Å². The van der Waals surface area contributed by atoms with Gasteiger partial charge in [-0.1, -0.05) is 18.2 Å². The smallest absolute Gasteiger partial charge is 0.244 e. The minimum atomic E-state index is -0.0406. The molecule has 1 aliphatic rings. The first-order valence-corrected chi connectivity index (χ1v) is 8.30. The molecule has 0 saturated heterocycles. The Morgan fingerprint density at radius 3 is 2.68 bits per heavy atom. The molecule has 3 nitrogen and oxygen atoms in total. The average molecular weight is 313 g/mol. The van der Waals surface area contributed by atoms with Crippen LogP contribution >= 0.6 is 11.3 Å². The average Bonchev–Trinajstić information content (AvgIpc) is 3.26. The van der Waals surface area contributed by atoms with Gasteiger partial charge in [-0.3, -0.25) is 4.79 Å². The molecule has 1 N–H and O–H groups in total. The summed E-state index contributed by atoms with van der Waals surface area (Å²) in [6, 6.07) is 12.0. The first kappa shape index (κ1) is 14.9. The number of carbonyl (C=O) groups is 1. The number of thiophene rings is 1. The lowest BCUT2D eigenvalue weighted by Crippen LogP contribution is -2.28. The predicted molar refractivity (Wildman–Crippen MR) is 90.0 cm³/mol. The highest BCUT2D eigenvalue weighted by Crippen LogP contribution is 2.41. The normalized spacial score (nSPS) is 15.7. The molecule has 0 spiro atoms. The van der Waals surface area contributed by atoms with Gasteiger partial charge < -0.3 is 10.1 Å². The summed E-state index contributed by atoms with van der Waals surface area (Å²) in [5, 5.41) is 5.14. The number of ether oxygens (including phenoxy) is 1. The van der Waals surface area contributed by atoms with Gasteiger partial charge in [0.15, 0.2) is 0 Å². The van der Waals surface area contributed by atoms with Crippen LogP contribution in [0.25, 0.3) is 6.08 Å². The highest BCUT2D eigenvalue weighted by Gasteiger charge is 2.33. The van der Waals surface area contributed by atoms with Crippen LogP contribution < -0.4 is 10.1 Å². The summed E-state index contributed by atoms with van der Waals surface area (Å²) in [4.78, 5) is 13.2. The van der Waals surface area contributed by atoms with E-state index < -0.39 is 0 Å². The molecule has 2 aromatic rings. The van der Waals surface area contributed by atoms with Crippen LogP contribution in [0.1, 0.15) is 29.3 Å². The van der Waals surface area contributed by atoms with E-state index in [0.717, 1.165) is 16.2 Å². The number of nitrogens with one attached hydrogen (secondary N) is 1. The molecule has 22 heavy (non-hydrogen) atoms. The summed E-state index contributed by atoms with van der Waals surface area (Å²) < 4.78 is 5.19. The number of rotatable bonds is 6.